The van der Waals surface area contributed by atoms with Crippen molar-refractivity contribution in [1.29, 1.82) is 5.26 Å². The van der Waals surface area contributed by atoms with E-state index in [2.05, 4.69) is 25.6 Å². The lowest BCUT2D eigenvalue weighted by molar-refractivity contribution is 0.601. The quantitative estimate of drug-likeness (QED) is 0.839. The van der Waals surface area contributed by atoms with Crippen LogP contribution in [0.2, 0.25) is 5.02 Å². The van der Waals surface area contributed by atoms with Crippen LogP contribution in [0.3, 0.4) is 0 Å². The minimum atomic E-state index is -3.83. The fourth-order valence-corrected chi connectivity index (χ4v) is 3.26. The van der Waals surface area contributed by atoms with Crippen molar-refractivity contribution in [2.45, 2.75) is 4.90 Å². The number of benzene rings is 1. The highest BCUT2D eigenvalue weighted by molar-refractivity contribution is 9.10. The number of nitrogens with one attached hydrogen (secondary N) is 1. The van der Waals surface area contributed by atoms with Gasteiger partial charge in [-0.3, -0.25) is 4.72 Å². The van der Waals surface area contributed by atoms with Crippen LogP contribution in [0.25, 0.3) is 0 Å². The molecular weight excluding hydrogens is 366 g/mol. The highest BCUT2D eigenvalue weighted by atomic mass is 79.9. The monoisotopic (exact) mass is 371 g/mol. The second kappa shape index (κ2) is 5.79. The number of hydrogen-bond donors (Lipinski definition) is 1. The molecule has 0 aliphatic rings. The molecule has 0 fully saturated rings. The summed E-state index contributed by atoms with van der Waals surface area (Å²) in [5, 5.41) is 8.72. The van der Waals surface area contributed by atoms with Gasteiger partial charge < -0.3 is 0 Å². The predicted molar refractivity (Wildman–Crippen MR) is 78.9 cm³/mol. The molecule has 8 heteroatoms. The maximum absolute atomic E-state index is 12.2. The van der Waals surface area contributed by atoms with Gasteiger partial charge in [-0.25, -0.2) is 13.4 Å². The molecule has 0 spiro atoms. The third kappa shape index (κ3) is 3.28. The van der Waals surface area contributed by atoms with E-state index in [0.717, 1.165) is 0 Å². The van der Waals surface area contributed by atoms with Gasteiger partial charge in [0.15, 0.2) is 0 Å². The van der Waals surface area contributed by atoms with Crippen molar-refractivity contribution in [1.82, 2.24) is 4.98 Å². The number of anilines is 1. The Balaban J connectivity index is 2.36. The normalized spacial score (nSPS) is 10.8. The van der Waals surface area contributed by atoms with E-state index >= 15 is 0 Å². The first kappa shape index (κ1) is 14.8. The molecular formula is C12H7BrClN3O2S. The lowest BCUT2D eigenvalue weighted by atomic mass is 10.2. The first-order chi connectivity index (χ1) is 9.42. The fraction of sp³-hybridized carbons (Fsp3) is 0. The zero-order valence-corrected chi connectivity index (χ0v) is 13.0. The summed E-state index contributed by atoms with van der Waals surface area (Å²) in [6.45, 7) is 0. The Kier molecular flexibility index (Phi) is 4.28. The molecule has 0 bridgehead atoms. The largest absolute Gasteiger partial charge is 0.278 e. The molecule has 0 aliphatic carbocycles. The zero-order chi connectivity index (χ0) is 14.8. The Bertz CT molecular complexity index is 785. The van der Waals surface area contributed by atoms with Crippen molar-refractivity contribution < 1.29 is 8.42 Å². The van der Waals surface area contributed by atoms with E-state index < -0.39 is 10.0 Å². The average Bonchev–Trinajstić information content (AvgIpc) is 2.40. The second-order valence-electron chi connectivity index (χ2n) is 3.73. The van der Waals surface area contributed by atoms with E-state index in [1.165, 1.54) is 24.4 Å². The Morgan fingerprint density at radius 2 is 2.05 bits per heavy atom. The van der Waals surface area contributed by atoms with Gasteiger partial charge >= 0.3 is 0 Å². The Labute approximate surface area is 129 Å². The third-order valence-corrected chi connectivity index (χ3v) is 4.66. The number of halogens is 2. The van der Waals surface area contributed by atoms with Crippen molar-refractivity contribution in [3.63, 3.8) is 0 Å². The van der Waals surface area contributed by atoms with Gasteiger partial charge in [0.05, 0.1) is 28.5 Å². The number of aromatic nitrogens is 1. The molecule has 0 atom stereocenters. The summed E-state index contributed by atoms with van der Waals surface area (Å²) in [5.41, 5.74) is 0.605. The Hall–Kier alpha value is -1.62. The van der Waals surface area contributed by atoms with E-state index in [4.69, 9.17) is 16.9 Å². The van der Waals surface area contributed by atoms with Crippen LogP contribution in [0.5, 0.6) is 0 Å². The van der Waals surface area contributed by atoms with Crippen LogP contribution in [0.4, 0.5) is 5.69 Å². The van der Waals surface area contributed by atoms with Crippen molar-refractivity contribution in [3.05, 3.63) is 51.7 Å². The minimum Gasteiger partial charge on any atom is -0.278 e. The van der Waals surface area contributed by atoms with Crippen LogP contribution < -0.4 is 4.72 Å². The first-order valence-corrected chi connectivity index (χ1v) is 7.92. The molecule has 102 valence electrons. The summed E-state index contributed by atoms with van der Waals surface area (Å²) >= 11 is 9.05. The summed E-state index contributed by atoms with van der Waals surface area (Å²) in [6.07, 6.45) is 1.37. The Morgan fingerprint density at radius 3 is 2.60 bits per heavy atom. The second-order valence-corrected chi connectivity index (χ2v) is 6.60. The van der Waals surface area contributed by atoms with Gasteiger partial charge in [-0.15, -0.1) is 0 Å². The number of sulfonamides is 1. The van der Waals surface area contributed by atoms with E-state index in [1.807, 2.05) is 6.07 Å². The van der Waals surface area contributed by atoms with E-state index in [-0.39, 0.29) is 9.92 Å². The molecule has 0 amide bonds. The third-order valence-electron chi connectivity index (χ3n) is 2.33. The van der Waals surface area contributed by atoms with E-state index in [9.17, 15) is 8.42 Å². The summed E-state index contributed by atoms with van der Waals surface area (Å²) in [6, 6.07) is 9.04. The topological polar surface area (TPSA) is 82.8 Å². The molecule has 0 unspecified atom stereocenters. The fourth-order valence-electron chi connectivity index (χ4n) is 1.43. The van der Waals surface area contributed by atoms with E-state index in [0.29, 0.717) is 15.9 Å². The maximum Gasteiger partial charge on any atom is 0.263 e. The minimum absolute atomic E-state index is 0.0124. The highest BCUT2D eigenvalue weighted by Crippen LogP contribution is 2.24. The van der Waals surface area contributed by atoms with Gasteiger partial charge in [-0.1, -0.05) is 11.6 Å². The van der Waals surface area contributed by atoms with Crippen LogP contribution in [0.1, 0.15) is 5.56 Å². The van der Waals surface area contributed by atoms with Crippen molar-refractivity contribution in [3.8, 4) is 6.07 Å². The molecule has 0 saturated heterocycles. The van der Waals surface area contributed by atoms with Crippen LogP contribution in [0, 0.1) is 11.3 Å². The first-order valence-electron chi connectivity index (χ1n) is 5.26. The van der Waals surface area contributed by atoms with Crippen molar-refractivity contribution in [2.75, 3.05) is 4.72 Å². The van der Waals surface area contributed by atoms with Crippen molar-refractivity contribution in [2.24, 2.45) is 0 Å². The number of nitrogens with zero attached hydrogens (tertiary/aromatic N) is 2. The smallest absolute Gasteiger partial charge is 0.263 e. The summed E-state index contributed by atoms with van der Waals surface area (Å²) < 4.78 is 27.3. The molecule has 2 rings (SSSR count). The van der Waals surface area contributed by atoms with Gasteiger partial charge in [0.25, 0.3) is 10.0 Å². The summed E-state index contributed by atoms with van der Waals surface area (Å²) in [5.74, 6) is 0. The molecule has 1 aromatic heterocycles. The summed E-state index contributed by atoms with van der Waals surface area (Å²) in [7, 11) is -3.83. The van der Waals surface area contributed by atoms with Crippen LogP contribution in [-0.2, 0) is 10.0 Å². The zero-order valence-electron chi connectivity index (χ0n) is 9.84. The number of rotatable bonds is 3. The van der Waals surface area contributed by atoms with Crippen LogP contribution >= 0.6 is 27.5 Å². The SMILES string of the molecule is N#Cc1ccc(S(=O)(=O)Nc2ccc(Br)nc2)c(Cl)c1. The number of hydrogen-bond acceptors (Lipinski definition) is 4. The van der Waals surface area contributed by atoms with Crippen LogP contribution in [0.15, 0.2) is 46.0 Å². The highest BCUT2D eigenvalue weighted by Gasteiger charge is 2.18. The van der Waals surface area contributed by atoms with Crippen molar-refractivity contribution >= 4 is 43.2 Å². The molecule has 0 saturated carbocycles. The van der Waals surface area contributed by atoms with Gasteiger partial charge in [-0.2, -0.15) is 5.26 Å². The van der Waals surface area contributed by atoms with Gasteiger partial charge in [0, 0.05) is 0 Å². The molecule has 0 aliphatic heterocycles. The standard InChI is InChI=1S/C12H7BrClN3O2S/c13-12-4-2-9(7-16-12)17-20(18,19)11-3-1-8(6-15)5-10(11)14/h1-5,7,17H. The average molecular weight is 373 g/mol. The lowest BCUT2D eigenvalue weighted by Gasteiger charge is -2.09. The van der Waals surface area contributed by atoms with E-state index in [1.54, 1.807) is 12.1 Å². The maximum atomic E-state index is 12.2. The van der Waals surface area contributed by atoms with Gasteiger partial charge in [0.1, 0.15) is 9.50 Å². The summed E-state index contributed by atoms with van der Waals surface area (Å²) in [4.78, 5) is 3.82. The molecule has 5 nitrogen and oxygen atoms in total. The molecule has 0 radical (unpaired) electrons. The molecule has 20 heavy (non-hydrogen) atoms. The Morgan fingerprint density at radius 1 is 1.30 bits per heavy atom. The molecule has 1 aromatic carbocycles. The lowest BCUT2D eigenvalue weighted by Crippen LogP contribution is -2.13. The molecule has 1 heterocycles. The predicted octanol–water partition coefficient (Wildman–Crippen LogP) is 3.17. The van der Waals surface area contributed by atoms with Crippen LogP contribution in [-0.4, -0.2) is 13.4 Å². The number of nitriles is 1. The number of pyridine rings is 1. The van der Waals surface area contributed by atoms with Gasteiger partial charge in [0.2, 0.25) is 0 Å². The molecule has 2 aromatic rings. The van der Waals surface area contributed by atoms with Gasteiger partial charge in [-0.05, 0) is 46.3 Å². The molecule has 1 N–H and O–H groups in total.